The van der Waals surface area contributed by atoms with Crippen molar-refractivity contribution in [1.29, 1.82) is 0 Å². The molecule has 0 bridgehead atoms. The lowest BCUT2D eigenvalue weighted by molar-refractivity contribution is 0.1000. The van der Waals surface area contributed by atoms with Crippen molar-refractivity contribution in [3.05, 3.63) is 29.3 Å². The van der Waals surface area contributed by atoms with Crippen LogP contribution in [-0.2, 0) is 11.3 Å². The summed E-state index contributed by atoms with van der Waals surface area (Å²) in [5.74, 6) is 0. The predicted molar refractivity (Wildman–Crippen MR) is 80.7 cm³/mol. The van der Waals surface area contributed by atoms with E-state index >= 15 is 0 Å². The highest BCUT2D eigenvalue weighted by Gasteiger charge is 2.21. The maximum absolute atomic E-state index is 5.45. The van der Waals surface area contributed by atoms with Crippen molar-refractivity contribution >= 4 is 11.8 Å². The minimum atomic E-state index is 0.733. The van der Waals surface area contributed by atoms with Gasteiger partial charge in [-0.1, -0.05) is 17.7 Å². The first-order valence-corrected chi connectivity index (χ1v) is 8.26. The van der Waals surface area contributed by atoms with E-state index in [9.17, 15) is 0 Å². The van der Waals surface area contributed by atoms with Gasteiger partial charge in [-0.15, -0.1) is 11.8 Å². The maximum atomic E-state index is 5.45. The van der Waals surface area contributed by atoms with Gasteiger partial charge in [-0.3, -0.25) is 0 Å². The molecule has 2 nitrogen and oxygen atoms in total. The largest absolute Gasteiger partial charge is 0.381 e. The van der Waals surface area contributed by atoms with Crippen LogP contribution in [0.5, 0.6) is 0 Å². The van der Waals surface area contributed by atoms with Crippen LogP contribution in [0.2, 0.25) is 0 Å². The van der Waals surface area contributed by atoms with Gasteiger partial charge in [0.05, 0.1) is 0 Å². The van der Waals surface area contributed by atoms with E-state index in [-0.39, 0.29) is 0 Å². The van der Waals surface area contributed by atoms with Crippen molar-refractivity contribution < 1.29 is 4.74 Å². The molecule has 0 spiro atoms. The van der Waals surface area contributed by atoms with E-state index in [4.69, 9.17) is 4.74 Å². The van der Waals surface area contributed by atoms with E-state index in [2.05, 4.69) is 42.2 Å². The highest BCUT2D eigenvalue weighted by atomic mass is 32.2. The zero-order valence-electron chi connectivity index (χ0n) is 11.7. The quantitative estimate of drug-likeness (QED) is 0.890. The van der Waals surface area contributed by atoms with Gasteiger partial charge in [-0.2, -0.15) is 0 Å². The SMILES string of the molecule is Cc1ccc(SC2CCOCC2)c(CNC2CC2)c1. The minimum Gasteiger partial charge on any atom is -0.381 e. The van der Waals surface area contributed by atoms with Gasteiger partial charge in [-0.25, -0.2) is 0 Å². The van der Waals surface area contributed by atoms with Crippen LogP contribution in [-0.4, -0.2) is 24.5 Å². The molecule has 0 radical (unpaired) electrons. The summed E-state index contributed by atoms with van der Waals surface area (Å²) >= 11 is 2.05. The van der Waals surface area contributed by atoms with Crippen LogP contribution >= 0.6 is 11.8 Å². The number of nitrogens with one attached hydrogen (secondary N) is 1. The average molecular weight is 277 g/mol. The average Bonchev–Trinajstić information content (AvgIpc) is 3.24. The summed E-state index contributed by atoms with van der Waals surface area (Å²) in [5, 5.41) is 4.37. The predicted octanol–water partition coefficient (Wildman–Crippen LogP) is 3.52. The van der Waals surface area contributed by atoms with Crippen molar-refractivity contribution in [3.63, 3.8) is 0 Å². The molecular weight excluding hydrogens is 254 g/mol. The molecule has 0 atom stereocenters. The molecule has 19 heavy (non-hydrogen) atoms. The molecule has 0 aromatic heterocycles. The lowest BCUT2D eigenvalue weighted by Gasteiger charge is -2.23. The summed E-state index contributed by atoms with van der Waals surface area (Å²) in [7, 11) is 0. The van der Waals surface area contributed by atoms with Crippen LogP contribution in [0, 0.1) is 6.92 Å². The molecule has 3 heteroatoms. The molecule has 1 aliphatic heterocycles. The lowest BCUT2D eigenvalue weighted by Crippen LogP contribution is -2.19. The molecule has 1 heterocycles. The third-order valence-electron chi connectivity index (χ3n) is 3.84. The number of ether oxygens (including phenoxy) is 1. The topological polar surface area (TPSA) is 21.3 Å². The highest BCUT2D eigenvalue weighted by Crippen LogP contribution is 2.33. The van der Waals surface area contributed by atoms with Crippen LogP contribution in [0.25, 0.3) is 0 Å². The fraction of sp³-hybridized carbons (Fsp3) is 0.625. The van der Waals surface area contributed by atoms with Crippen LogP contribution in [0.4, 0.5) is 0 Å². The first-order valence-electron chi connectivity index (χ1n) is 7.38. The molecule has 1 aromatic rings. The summed E-state index contributed by atoms with van der Waals surface area (Å²) < 4.78 is 5.45. The Hall–Kier alpha value is -0.510. The molecule has 0 amide bonds. The smallest absolute Gasteiger partial charge is 0.0476 e. The highest BCUT2D eigenvalue weighted by molar-refractivity contribution is 8.00. The van der Waals surface area contributed by atoms with Crippen molar-refractivity contribution in [2.45, 2.75) is 55.3 Å². The molecule has 1 N–H and O–H groups in total. The monoisotopic (exact) mass is 277 g/mol. The second-order valence-electron chi connectivity index (χ2n) is 5.70. The molecular formula is C16H23NOS. The first-order chi connectivity index (χ1) is 9.31. The van der Waals surface area contributed by atoms with E-state index in [1.54, 1.807) is 0 Å². The Labute approximate surface area is 120 Å². The van der Waals surface area contributed by atoms with Gasteiger partial charge < -0.3 is 10.1 Å². The number of rotatable bonds is 5. The van der Waals surface area contributed by atoms with Crippen molar-refractivity contribution in [1.82, 2.24) is 5.32 Å². The summed E-state index contributed by atoms with van der Waals surface area (Å²) in [6.07, 6.45) is 5.09. The number of thioether (sulfide) groups is 1. The second-order valence-corrected chi connectivity index (χ2v) is 7.04. The Morgan fingerprint density at radius 2 is 2.00 bits per heavy atom. The van der Waals surface area contributed by atoms with Crippen molar-refractivity contribution in [2.24, 2.45) is 0 Å². The zero-order valence-corrected chi connectivity index (χ0v) is 12.5. The molecule has 1 saturated carbocycles. The molecule has 3 rings (SSSR count). The Bertz CT molecular complexity index is 425. The van der Waals surface area contributed by atoms with Crippen molar-refractivity contribution in [3.8, 4) is 0 Å². The second kappa shape index (κ2) is 6.29. The summed E-state index contributed by atoms with van der Waals surface area (Å²) in [6.45, 7) is 5.07. The van der Waals surface area contributed by atoms with Gasteiger partial charge in [0.2, 0.25) is 0 Å². The fourth-order valence-electron chi connectivity index (χ4n) is 2.48. The van der Waals surface area contributed by atoms with E-state index in [0.29, 0.717) is 0 Å². The number of aryl methyl sites for hydroxylation is 1. The first kappa shape index (κ1) is 13.5. The molecule has 1 aromatic carbocycles. The number of benzene rings is 1. The third kappa shape index (κ3) is 3.98. The zero-order chi connectivity index (χ0) is 13.1. The Morgan fingerprint density at radius 1 is 1.21 bits per heavy atom. The maximum Gasteiger partial charge on any atom is 0.0476 e. The van der Waals surface area contributed by atoms with Crippen LogP contribution in [0.1, 0.15) is 36.8 Å². The molecule has 0 unspecified atom stereocenters. The van der Waals surface area contributed by atoms with Gasteiger partial charge in [0.1, 0.15) is 0 Å². The lowest BCUT2D eigenvalue weighted by atomic mass is 10.1. The molecule has 1 aliphatic carbocycles. The van der Waals surface area contributed by atoms with Gasteiger partial charge in [-0.05, 0) is 44.2 Å². The normalized spacial score (nSPS) is 20.7. The molecule has 1 saturated heterocycles. The van der Waals surface area contributed by atoms with E-state index in [0.717, 1.165) is 31.1 Å². The van der Waals surface area contributed by atoms with Crippen LogP contribution in [0.3, 0.4) is 0 Å². The third-order valence-corrected chi connectivity index (χ3v) is 5.29. The van der Waals surface area contributed by atoms with E-state index in [1.165, 1.54) is 41.7 Å². The van der Waals surface area contributed by atoms with Crippen LogP contribution < -0.4 is 5.32 Å². The fourth-order valence-corrected chi connectivity index (χ4v) is 3.69. The van der Waals surface area contributed by atoms with Gasteiger partial charge in [0.25, 0.3) is 0 Å². The summed E-state index contributed by atoms with van der Waals surface area (Å²) in [6, 6.07) is 7.67. The van der Waals surface area contributed by atoms with E-state index in [1.807, 2.05) is 0 Å². The van der Waals surface area contributed by atoms with Gasteiger partial charge >= 0.3 is 0 Å². The summed E-state index contributed by atoms with van der Waals surface area (Å²) in [4.78, 5) is 1.46. The van der Waals surface area contributed by atoms with Crippen molar-refractivity contribution in [2.75, 3.05) is 13.2 Å². The minimum absolute atomic E-state index is 0.733. The Balaban J connectivity index is 1.66. The molecule has 2 fully saturated rings. The number of hydrogen-bond acceptors (Lipinski definition) is 3. The molecule has 104 valence electrons. The standard InChI is InChI=1S/C16H23NOS/c1-12-2-5-16(19-15-6-8-18-9-7-15)13(10-12)11-17-14-3-4-14/h2,5,10,14-15,17H,3-4,6-9,11H2,1H3. The van der Waals surface area contributed by atoms with Gasteiger partial charge in [0.15, 0.2) is 0 Å². The van der Waals surface area contributed by atoms with Crippen LogP contribution in [0.15, 0.2) is 23.1 Å². The van der Waals surface area contributed by atoms with E-state index < -0.39 is 0 Å². The Morgan fingerprint density at radius 3 is 2.74 bits per heavy atom. The molecule has 2 aliphatic rings. The number of hydrogen-bond donors (Lipinski definition) is 1. The summed E-state index contributed by atoms with van der Waals surface area (Å²) in [5.41, 5.74) is 2.84. The van der Waals surface area contributed by atoms with Gasteiger partial charge in [0, 0.05) is 35.9 Å². The Kier molecular flexibility index (Phi) is 4.46.